The lowest BCUT2D eigenvalue weighted by Crippen LogP contribution is -2.47. The van der Waals surface area contributed by atoms with Crippen molar-refractivity contribution in [1.82, 2.24) is 40.0 Å². The molecule has 0 radical (unpaired) electrons. The minimum Gasteiger partial charge on any atom is -0.481 e. The number of alkyl carbamates (subject to hydrolysis) is 2. The Hall–Kier alpha value is -10.4. The SMILES string of the molecule is CN(CCOCCOCCOCCC(=O)O)C(=O)CN(CC(=O)N(C)CCOCCOCCOCCC(=O)O)C(=O)CCOCCNC(=O)OCC1c2ccccc2-c2ccccc21.CN(CCOCCOCCOCCC(=O)OC(C)(C)C)C(=O)CN(CC(=O)N(C)CCOCCOCCOCCC(=O)OC(C)(C)C)C(=O)CCOCCNC(=O)OCC1c2ccccc2-c2ccccc21. The highest BCUT2D eigenvalue weighted by atomic mass is 16.6. The van der Waals surface area contributed by atoms with E-state index >= 15 is 0 Å². The Kier molecular flexibility index (Phi) is 57.8. The Balaban J connectivity index is 0.000000484. The van der Waals surface area contributed by atoms with Crippen LogP contribution in [0.15, 0.2) is 97.1 Å². The topological polar surface area (TPSA) is 455 Å². The van der Waals surface area contributed by atoms with Crippen LogP contribution >= 0.6 is 0 Å². The van der Waals surface area contributed by atoms with E-state index in [0.29, 0.717) is 39.6 Å². The van der Waals surface area contributed by atoms with Gasteiger partial charge in [0.05, 0.1) is 224 Å². The first-order valence-corrected chi connectivity index (χ1v) is 46.0. The Bertz CT molecular complexity index is 3990. The summed E-state index contributed by atoms with van der Waals surface area (Å²) < 4.78 is 98.2. The van der Waals surface area contributed by atoms with E-state index in [2.05, 4.69) is 34.9 Å². The summed E-state index contributed by atoms with van der Waals surface area (Å²) in [5.74, 6) is -5.23. The van der Waals surface area contributed by atoms with Crippen LogP contribution in [0.25, 0.3) is 22.3 Å². The summed E-state index contributed by atoms with van der Waals surface area (Å²) in [5, 5.41) is 22.6. The molecule has 760 valence electrons. The summed E-state index contributed by atoms with van der Waals surface area (Å²) in [6.45, 7) is 17.1. The number of carboxylic acid groups (broad SMARTS) is 2. The van der Waals surface area contributed by atoms with Crippen molar-refractivity contribution in [3.63, 3.8) is 0 Å². The number of nitrogens with one attached hydrogen (secondary N) is 2. The molecule has 4 N–H and O–H groups in total. The van der Waals surface area contributed by atoms with E-state index in [-0.39, 0.29) is 286 Å². The number of carbonyl (C=O) groups is 12. The maximum Gasteiger partial charge on any atom is 0.407 e. The molecule has 0 heterocycles. The van der Waals surface area contributed by atoms with E-state index in [4.69, 9.17) is 95.5 Å². The number of likely N-dealkylation sites (N-methyl/N-ethyl adjacent to an activating group) is 4. The van der Waals surface area contributed by atoms with E-state index in [1.807, 2.05) is 72.8 Å². The van der Waals surface area contributed by atoms with E-state index < -0.39 is 70.8 Å². The number of carboxylic acids is 2. The van der Waals surface area contributed by atoms with Gasteiger partial charge in [0.2, 0.25) is 35.4 Å². The number of hydrogen-bond acceptors (Lipinski definition) is 30. The zero-order chi connectivity index (χ0) is 99.1. The number of ether oxygens (including phenoxy) is 18. The van der Waals surface area contributed by atoms with Crippen LogP contribution in [0.1, 0.15) is 114 Å². The van der Waals surface area contributed by atoms with Crippen molar-refractivity contribution < 1.29 is 153 Å². The van der Waals surface area contributed by atoms with E-state index in [1.54, 1.807) is 69.7 Å². The first kappa shape index (κ1) is 116. The van der Waals surface area contributed by atoms with Gasteiger partial charge >= 0.3 is 36.1 Å². The van der Waals surface area contributed by atoms with Crippen LogP contribution in [-0.2, 0) is 133 Å². The largest absolute Gasteiger partial charge is 0.481 e. The number of carbonyl (C=O) groups excluding carboxylic acids is 10. The van der Waals surface area contributed by atoms with Crippen molar-refractivity contribution in [3.8, 4) is 22.3 Å². The number of benzene rings is 4. The monoisotopic (exact) mass is 1920 g/mol. The first-order valence-electron chi connectivity index (χ1n) is 46.0. The molecule has 0 spiro atoms. The molecule has 4 aromatic rings. The van der Waals surface area contributed by atoms with Gasteiger partial charge in [-0.05, 0) is 86.1 Å². The molecular formula is C96H144N8O32. The van der Waals surface area contributed by atoms with Gasteiger partial charge in [-0.2, -0.15) is 0 Å². The zero-order valence-electron chi connectivity index (χ0n) is 80.7. The molecule has 2 aliphatic carbocycles. The Morgan fingerprint density at radius 1 is 0.279 bits per heavy atom. The van der Waals surface area contributed by atoms with Gasteiger partial charge in [0, 0.05) is 79.3 Å². The average molecular weight is 1920 g/mol. The van der Waals surface area contributed by atoms with Crippen molar-refractivity contribution >= 4 is 71.5 Å². The van der Waals surface area contributed by atoms with Crippen LogP contribution in [0, 0.1) is 0 Å². The fourth-order valence-corrected chi connectivity index (χ4v) is 13.1. The van der Waals surface area contributed by atoms with Crippen LogP contribution in [-0.4, -0.2) is 414 Å². The van der Waals surface area contributed by atoms with Crippen LogP contribution in [0.4, 0.5) is 9.59 Å². The number of hydrogen-bond donors (Lipinski definition) is 4. The molecule has 6 rings (SSSR count). The minimum absolute atomic E-state index is 0.0159. The van der Waals surface area contributed by atoms with Gasteiger partial charge in [0.1, 0.15) is 50.6 Å². The number of fused-ring (bicyclic) bond motifs is 6. The van der Waals surface area contributed by atoms with Gasteiger partial charge in [-0.15, -0.1) is 0 Å². The van der Waals surface area contributed by atoms with Gasteiger partial charge in [-0.1, -0.05) is 97.1 Å². The summed E-state index contributed by atoms with van der Waals surface area (Å²) in [6, 6.07) is 32.3. The van der Waals surface area contributed by atoms with E-state index in [0.717, 1.165) is 44.5 Å². The number of esters is 2. The third-order valence-electron chi connectivity index (χ3n) is 20.3. The Morgan fingerprint density at radius 2 is 0.493 bits per heavy atom. The molecule has 0 aliphatic heterocycles. The summed E-state index contributed by atoms with van der Waals surface area (Å²) in [4.78, 5) is 158. The van der Waals surface area contributed by atoms with E-state index in [1.165, 1.54) is 29.4 Å². The average Bonchev–Trinajstić information content (AvgIpc) is 1.62. The number of aliphatic carboxylic acids is 2. The molecule has 8 amide bonds. The zero-order valence-corrected chi connectivity index (χ0v) is 80.7. The highest BCUT2D eigenvalue weighted by Gasteiger charge is 2.33. The van der Waals surface area contributed by atoms with E-state index in [9.17, 15) is 57.5 Å². The third-order valence-corrected chi connectivity index (χ3v) is 20.3. The summed E-state index contributed by atoms with van der Waals surface area (Å²) in [5.41, 5.74) is 7.86. The number of amides is 8. The fraction of sp³-hybridized carbons (Fsp3) is 0.625. The summed E-state index contributed by atoms with van der Waals surface area (Å²) >= 11 is 0. The van der Waals surface area contributed by atoms with Crippen LogP contribution in [0.5, 0.6) is 0 Å². The second-order valence-electron chi connectivity index (χ2n) is 33.3. The molecule has 0 fully saturated rings. The molecule has 4 aromatic carbocycles. The lowest BCUT2D eigenvalue weighted by molar-refractivity contribution is -0.157. The quantitative estimate of drug-likeness (QED) is 0.0225. The molecule has 136 heavy (non-hydrogen) atoms. The Morgan fingerprint density at radius 3 is 0.735 bits per heavy atom. The summed E-state index contributed by atoms with van der Waals surface area (Å²) in [7, 11) is 6.29. The second-order valence-corrected chi connectivity index (χ2v) is 33.3. The van der Waals surface area contributed by atoms with Crippen LogP contribution in [0.3, 0.4) is 0 Å². The molecule has 0 saturated heterocycles. The van der Waals surface area contributed by atoms with Crippen molar-refractivity contribution in [2.45, 2.75) is 103 Å². The molecule has 2 aliphatic rings. The highest BCUT2D eigenvalue weighted by molar-refractivity contribution is 5.90. The van der Waals surface area contributed by atoms with Gasteiger partial charge in [0.15, 0.2) is 0 Å². The minimum atomic E-state index is -0.936. The van der Waals surface area contributed by atoms with Crippen LogP contribution in [0.2, 0.25) is 0 Å². The normalized spacial score (nSPS) is 12.0. The predicted molar refractivity (Wildman–Crippen MR) is 496 cm³/mol. The lowest BCUT2D eigenvalue weighted by Gasteiger charge is -2.27. The van der Waals surface area contributed by atoms with Gasteiger partial charge in [-0.3, -0.25) is 47.9 Å². The smallest absolute Gasteiger partial charge is 0.407 e. The van der Waals surface area contributed by atoms with Gasteiger partial charge in [-0.25, -0.2) is 9.59 Å². The van der Waals surface area contributed by atoms with Crippen molar-refractivity contribution in [3.05, 3.63) is 119 Å². The van der Waals surface area contributed by atoms with Gasteiger partial charge < -0.3 is 136 Å². The molecule has 40 heteroatoms. The molecule has 0 saturated carbocycles. The number of rotatable bonds is 72. The van der Waals surface area contributed by atoms with Crippen LogP contribution < -0.4 is 10.6 Å². The predicted octanol–water partition coefficient (Wildman–Crippen LogP) is 5.97. The van der Waals surface area contributed by atoms with Gasteiger partial charge in [0.25, 0.3) is 0 Å². The summed E-state index contributed by atoms with van der Waals surface area (Å²) in [6.07, 6.45) is -1.27. The molecule has 0 bridgehead atoms. The first-order chi connectivity index (χ1) is 65.3. The molecule has 0 unspecified atom stereocenters. The van der Waals surface area contributed by atoms with Crippen molar-refractivity contribution in [1.29, 1.82) is 0 Å². The third kappa shape index (κ3) is 50.6. The molecule has 0 aromatic heterocycles. The standard InChI is InChI=1S/C52H80N4O16.C44H64N4O16/c1-51(2,3)71-48(60)18-24-64-29-33-68-35-31-66-27-21-54(7)46(58)37-56(38-47(59)55(8)22-28-67-32-36-69-34-30-65-25-19-49(61)72-52(4,5)6)45(57)17-23-63-26-20-53-50(62)70-39-44-42-15-11-9-13-40(42)41-14-10-12-16-43(41)44;1-46(15-21-60-25-29-62-27-23-58-18-12-42(52)53)40(50)31-48(32-41(51)47(2)16-22-61-26-30-63-28-24-59-19-13-43(54)55)39(49)11-17-57-20-14-45-44(56)64-33-38-36-9-5-3-7-34(36)35-8-4-6-10-37(35)38/h9-16,44H,17-39H2,1-8H3,(H,53,62);3-10,38H,11-33H2,1-2H3,(H,45,56)(H,52,53)(H,54,55). The molecular weight excluding hydrogens is 1780 g/mol. The lowest BCUT2D eigenvalue weighted by atomic mass is 9.98. The van der Waals surface area contributed by atoms with Crippen molar-refractivity contribution in [2.24, 2.45) is 0 Å². The molecule has 0 atom stereocenters. The maximum atomic E-state index is 13.5. The Labute approximate surface area is 797 Å². The molecule has 40 nitrogen and oxygen atoms in total. The van der Waals surface area contributed by atoms with Crippen molar-refractivity contribution in [2.75, 3.05) is 292 Å². The highest BCUT2D eigenvalue weighted by Crippen LogP contribution is 2.46. The maximum absolute atomic E-state index is 13.5. The second kappa shape index (κ2) is 67.7. The fourth-order valence-electron chi connectivity index (χ4n) is 13.1. The number of nitrogens with zero attached hydrogens (tertiary/aromatic N) is 6.